The molecule has 31 heavy (non-hydrogen) atoms. The van der Waals surface area contributed by atoms with Gasteiger partial charge in [0.15, 0.2) is 17.1 Å². The van der Waals surface area contributed by atoms with Gasteiger partial charge in [-0.3, -0.25) is 4.79 Å². The number of aromatic nitrogens is 3. The normalized spacial score (nSPS) is 11.7. The summed E-state index contributed by atoms with van der Waals surface area (Å²) in [5, 5.41) is 26.4. The maximum atomic E-state index is 12.9. The maximum Gasteiger partial charge on any atom is 0.257 e. The SMILES string of the molecule is CC(C)CNC(=O)c1c(N)n(N=Cc2ccc(O)c(O)c2)c2nc3ccccc3nc12. The monoisotopic (exact) mass is 418 g/mol. The first kappa shape index (κ1) is 20.1. The molecule has 2 aromatic heterocycles. The molecule has 0 aliphatic heterocycles. The highest BCUT2D eigenvalue weighted by molar-refractivity contribution is 6.10. The van der Waals surface area contributed by atoms with Gasteiger partial charge >= 0.3 is 0 Å². The number of para-hydroxylation sites is 2. The van der Waals surface area contributed by atoms with Crippen LogP contribution in [0.5, 0.6) is 11.5 Å². The molecule has 0 unspecified atom stereocenters. The van der Waals surface area contributed by atoms with Crippen LogP contribution in [-0.4, -0.2) is 43.5 Å². The molecule has 0 bridgehead atoms. The topological polar surface area (TPSA) is 139 Å². The smallest absolute Gasteiger partial charge is 0.257 e. The highest BCUT2D eigenvalue weighted by Gasteiger charge is 2.24. The minimum atomic E-state index is -0.350. The molecule has 0 saturated heterocycles. The number of anilines is 1. The molecular formula is C22H22N6O3. The zero-order chi connectivity index (χ0) is 22.1. The summed E-state index contributed by atoms with van der Waals surface area (Å²) in [5.41, 5.74) is 9.02. The van der Waals surface area contributed by atoms with E-state index in [4.69, 9.17) is 5.73 Å². The molecule has 1 amide bonds. The lowest BCUT2D eigenvalue weighted by Crippen LogP contribution is -2.28. The van der Waals surface area contributed by atoms with Crippen molar-refractivity contribution >= 4 is 40.1 Å². The summed E-state index contributed by atoms with van der Waals surface area (Å²) in [7, 11) is 0. The fourth-order valence-corrected chi connectivity index (χ4v) is 3.12. The number of hydrogen-bond donors (Lipinski definition) is 4. The molecular weight excluding hydrogens is 396 g/mol. The molecule has 4 aromatic rings. The Morgan fingerprint density at radius 3 is 2.55 bits per heavy atom. The summed E-state index contributed by atoms with van der Waals surface area (Å²) in [6.07, 6.45) is 1.45. The first-order chi connectivity index (χ1) is 14.8. The average Bonchev–Trinajstić information content (AvgIpc) is 3.01. The zero-order valence-electron chi connectivity index (χ0n) is 17.1. The van der Waals surface area contributed by atoms with Gasteiger partial charge in [0.1, 0.15) is 16.9 Å². The Balaban J connectivity index is 1.87. The van der Waals surface area contributed by atoms with Crippen LogP contribution in [0.25, 0.3) is 22.2 Å². The minimum Gasteiger partial charge on any atom is -0.504 e. The summed E-state index contributed by atoms with van der Waals surface area (Å²) >= 11 is 0. The van der Waals surface area contributed by atoms with Crippen LogP contribution in [0.3, 0.4) is 0 Å². The predicted molar refractivity (Wildman–Crippen MR) is 119 cm³/mol. The van der Waals surface area contributed by atoms with E-state index in [0.717, 1.165) is 0 Å². The number of nitrogens with zero attached hydrogens (tertiary/aromatic N) is 4. The lowest BCUT2D eigenvalue weighted by molar-refractivity contribution is 0.0951. The van der Waals surface area contributed by atoms with Gasteiger partial charge < -0.3 is 21.3 Å². The largest absolute Gasteiger partial charge is 0.504 e. The fourth-order valence-electron chi connectivity index (χ4n) is 3.12. The van der Waals surface area contributed by atoms with Gasteiger partial charge in [0.25, 0.3) is 5.91 Å². The van der Waals surface area contributed by atoms with Crippen molar-refractivity contribution < 1.29 is 15.0 Å². The molecule has 9 heteroatoms. The van der Waals surface area contributed by atoms with Crippen LogP contribution in [0.2, 0.25) is 0 Å². The van der Waals surface area contributed by atoms with Crippen molar-refractivity contribution in [2.45, 2.75) is 13.8 Å². The van der Waals surface area contributed by atoms with Crippen LogP contribution >= 0.6 is 0 Å². The highest BCUT2D eigenvalue weighted by Crippen LogP contribution is 2.28. The van der Waals surface area contributed by atoms with Gasteiger partial charge in [0, 0.05) is 6.54 Å². The molecule has 4 rings (SSSR count). The van der Waals surface area contributed by atoms with E-state index in [0.29, 0.717) is 34.3 Å². The van der Waals surface area contributed by atoms with Crippen molar-refractivity contribution in [1.29, 1.82) is 0 Å². The lowest BCUT2D eigenvalue weighted by Gasteiger charge is -2.07. The number of rotatable bonds is 5. The second kappa shape index (κ2) is 7.94. The molecule has 0 aliphatic rings. The van der Waals surface area contributed by atoms with E-state index < -0.39 is 0 Å². The van der Waals surface area contributed by atoms with Crippen molar-refractivity contribution in [3.05, 3.63) is 53.6 Å². The second-order valence-corrected chi connectivity index (χ2v) is 7.55. The van der Waals surface area contributed by atoms with Crippen molar-refractivity contribution in [1.82, 2.24) is 20.0 Å². The summed E-state index contributed by atoms with van der Waals surface area (Å²) in [6.45, 7) is 4.48. The van der Waals surface area contributed by atoms with E-state index in [1.54, 1.807) is 6.07 Å². The molecule has 0 fully saturated rings. The van der Waals surface area contributed by atoms with Gasteiger partial charge in [-0.25, -0.2) is 9.97 Å². The number of hydrogen-bond acceptors (Lipinski definition) is 7. The quantitative estimate of drug-likeness (QED) is 0.290. The predicted octanol–water partition coefficient (Wildman–Crippen LogP) is 2.85. The first-order valence-electron chi connectivity index (χ1n) is 9.76. The summed E-state index contributed by atoms with van der Waals surface area (Å²) in [5.74, 6) is -0.480. The van der Waals surface area contributed by atoms with Crippen molar-refractivity contribution in [2.24, 2.45) is 11.0 Å². The van der Waals surface area contributed by atoms with Crippen LogP contribution in [0.4, 0.5) is 5.82 Å². The van der Waals surface area contributed by atoms with Crippen LogP contribution in [0.1, 0.15) is 29.8 Å². The molecule has 158 valence electrons. The Hall–Kier alpha value is -4.14. The number of amides is 1. The number of phenols is 2. The van der Waals surface area contributed by atoms with Crippen LogP contribution < -0.4 is 11.1 Å². The summed E-state index contributed by atoms with van der Waals surface area (Å²) in [6, 6.07) is 11.6. The Kier molecular flexibility index (Phi) is 5.16. The van der Waals surface area contributed by atoms with Gasteiger partial charge in [-0.1, -0.05) is 26.0 Å². The fraction of sp³-hybridized carbons (Fsp3) is 0.182. The van der Waals surface area contributed by atoms with E-state index in [1.807, 2.05) is 38.1 Å². The van der Waals surface area contributed by atoms with Crippen molar-refractivity contribution in [3.8, 4) is 11.5 Å². The number of nitrogens with one attached hydrogen (secondary N) is 1. The van der Waals surface area contributed by atoms with E-state index in [2.05, 4.69) is 20.4 Å². The number of phenolic OH excluding ortho intramolecular Hbond substituents is 2. The summed E-state index contributed by atoms with van der Waals surface area (Å²) in [4.78, 5) is 22.1. The Labute approximate surface area is 177 Å². The number of nitrogens with two attached hydrogens (primary N) is 1. The van der Waals surface area contributed by atoms with E-state index in [-0.39, 0.29) is 34.7 Å². The number of benzene rings is 2. The standard InChI is InChI=1S/C22H22N6O3/c1-12(2)10-24-22(31)18-19-21(27-15-6-4-3-5-14(15)26-19)28(20(18)23)25-11-13-7-8-16(29)17(30)9-13/h3-9,11-12,29-30H,10,23H2,1-2H3,(H,24,31). The second-order valence-electron chi connectivity index (χ2n) is 7.55. The molecule has 0 radical (unpaired) electrons. The van der Waals surface area contributed by atoms with E-state index >= 15 is 0 Å². The number of carbonyl (C=O) groups excluding carboxylic acids is 1. The van der Waals surface area contributed by atoms with Crippen LogP contribution in [0, 0.1) is 5.92 Å². The number of nitrogen functional groups attached to an aromatic ring is 1. The molecule has 2 heterocycles. The molecule has 0 aliphatic carbocycles. The molecule has 0 spiro atoms. The molecule has 5 N–H and O–H groups in total. The van der Waals surface area contributed by atoms with Crippen molar-refractivity contribution in [2.75, 3.05) is 12.3 Å². The third-order valence-corrected chi connectivity index (χ3v) is 4.69. The molecule has 9 nitrogen and oxygen atoms in total. The van der Waals surface area contributed by atoms with Crippen LogP contribution in [0.15, 0.2) is 47.6 Å². The highest BCUT2D eigenvalue weighted by atomic mass is 16.3. The first-order valence-corrected chi connectivity index (χ1v) is 9.76. The Morgan fingerprint density at radius 1 is 1.16 bits per heavy atom. The number of fused-ring (bicyclic) bond motifs is 2. The number of aromatic hydroxyl groups is 2. The third-order valence-electron chi connectivity index (χ3n) is 4.69. The molecule has 0 atom stereocenters. The number of carbonyl (C=O) groups is 1. The van der Waals surface area contributed by atoms with Gasteiger partial charge in [0.05, 0.1) is 17.2 Å². The van der Waals surface area contributed by atoms with Gasteiger partial charge in [-0.05, 0) is 41.8 Å². The van der Waals surface area contributed by atoms with E-state index in [1.165, 1.54) is 23.0 Å². The lowest BCUT2D eigenvalue weighted by atomic mass is 10.2. The zero-order valence-corrected chi connectivity index (χ0v) is 17.1. The third kappa shape index (κ3) is 3.85. The molecule has 2 aromatic carbocycles. The van der Waals surface area contributed by atoms with Crippen LogP contribution in [-0.2, 0) is 0 Å². The van der Waals surface area contributed by atoms with Crippen molar-refractivity contribution in [3.63, 3.8) is 0 Å². The van der Waals surface area contributed by atoms with Gasteiger partial charge in [-0.2, -0.15) is 9.78 Å². The Morgan fingerprint density at radius 2 is 1.87 bits per heavy atom. The van der Waals surface area contributed by atoms with Gasteiger partial charge in [-0.15, -0.1) is 0 Å². The summed E-state index contributed by atoms with van der Waals surface area (Å²) < 4.78 is 1.35. The minimum absolute atomic E-state index is 0.103. The average molecular weight is 418 g/mol. The maximum absolute atomic E-state index is 12.9. The molecule has 0 saturated carbocycles. The Bertz CT molecular complexity index is 1330. The van der Waals surface area contributed by atoms with Gasteiger partial charge in [0.2, 0.25) is 0 Å². The van der Waals surface area contributed by atoms with E-state index in [9.17, 15) is 15.0 Å².